The predicted octanol–water partition coefficient (Wildman–Crippen LogP) is 5.05. The van der Waals surface area contributed by atoms with Gasteiger partial charge in [0, 0.05) is 0 Å². The fraction of sp³-hybridized carbons (Fsp3) is 0.500. The molecule has 3 atom stereocenters. The van der Waals surface area contributed by atoms with Crippen molar-refractivity contribution in [1.82, 2.24) is 10.2 Å². The minimum atomic E-state index is -1.02. The number of hydrogen-bond acceptors (Lipinski definition) is 4. The normalized spacial score (nSPS) is 22.4. The Morgan fingerprint density at radius 1 is 1.31 bits per heavy atom. The molecule has 1 aromatic heterocycles. The number of aromatic nitrogens is 2. The summed E-state index contributed by atoms with van der Waals surface area (Å²) in [6.07, 6.45) is 0.696. The molecule has 0 amide bonds. The molecule has 7 heteroatoms. The predicted molar refractivity (Wildman–Crippen MR) is 104 cm³/mol. The summed E-state index contributed by atoms with van der Waals surface area (Å²) in [4.78, 5) is 11.6. The lowest BCUT2D eigenvalue weighted by molar-refractivity contribution is -0.178. The van der Waals surface area contributed by atoms with Gasteiger partial charge in [0.2, 0.25) is 0 Å². The van der Waals surface area contributed by atoms with E-state index in [2.05, 4.69) is 10.2 Å². The molecule has 1 aliphatic rings. The first-order valence-electron chi connectivity index (χ1n) is 9.94. The van der Waals surface area contributed by atoms with Gasteiger partial charge in [0.1, 0.15) is 17.2 Å². The second-order valence-electron chi connectivity index (χ2n) is 7.97. The Morgan fingerprint density at radius 3 is 2.52 bits per heavy atom. The summed E-state index contributed by atoms with van der Waals surface area (Å²) in [7, 11) is 0. The number of ether oxygens (including phenoxy) is 1. The lowest BCUT2D eigenvalue weighted by Gasteiger charge is -2.44. The molecule has 0 bridgehead atoms. The molecular weight excluding hydrogens is 378 g/mol. The first-order valence-corrected chi connectivity index (χ1v) is 9.94. The topological polar surface area (TPSA) is 72.3 Å². The zero-order chi connectivity index (χ0) is 21.3. The largest absolute Gasteiger partial charge is 0.479 e. The number of aliphatic carboxylic acids is 1. The second-order valence-corrected chi connectivity index (χ2v) is 7.97. The van der Waals surface area contributed by atoms with Crippen LogP contribution in [0.3, 0.4) is 0 Å². The van der Waals surface area contributed by atoms with Gasteiger partial charge in [-0.25, -0.2) is 13.6 Å². The van der Waals surface area contributed by atoms with E-state index in [1.165, 1.54) is 18.2 Å². The minimum absolute atomic E-state index is 0.0625. The van der Waals surface area contributed by atoms with Crippen molar-refractivity contribution in [3.8, 4) is 11.3 Å². The van der Waals surface area contributed by atoms with Crippen LogP contribution in [0.25, 0.3) is 11.3 Å². The molecule has 1 aliphatic carbocycles. The van der Waals surface area contributed by atoms with Crippen LogP contribution in [-0.2, 0) is 15.1 Å². The Morgan fingerprint density at radius 2 is 1.97 bits per heavy atom. The Hall–Kier alpha value is -2.41. The van der Waals surface area contributed by atoms with Crippen LogP contribution in [0.2, 0.25) is 0 Å². The molecule has 3 rings (SSSR count). The van der Waals surface area contributed by atoms with Gasteiger partial charge in [-0.3, -0.25) is 0 Å². The van der Waals surface area contributed by atoms with Crippen LogP contribution in [0, 0.1) is 17.6 Å². The molecule has 156 valence electrons. The summed E-state index contributed by atoms with van der Waals surface area (Å²) < 4.78 is 34.7. The second kappa shape index (κ2) is 8.14. The van der Waals surface area contributed by atoms with Crippen LogP contribution >= 0.6 is 0 Å². The van der Waals surface area contributed by atoms with Gasteiger partial charge >= 0.3 is 5.97 Å². The molecule has 0 fully saturated rings. The van der Waals surface area contributed by atoms with Crippen molar-refractivity contribution >= 4 is 5.97 Å². The maximum absolute atomic E-state index is 14.3. The number of carboxylic acids is 1. The summed E-state index contributed by atoms with van der Waals surface area (Å²) in [5.41, 5.74) is 0.342. The number of nitrogens with zero attached hydrogens (tertiary/aromatic N) is 2. The highest BCUT2D eigenvalue weighted by Gasteiger charge is 2.47. The Bertz CT molecular complexity index is 899. The molecule has 1 heterocycles. The van der Waals surface area contributed by atoms with Gasteiger partial charge in [0.05, 0.1) is 17.0 Å². The average molecular weight is 404 g/mol. The summed E-state index contributed by atoms with van der Waals surface area (Å²) in [6, 6.07) is 5.33. The van der Waals surface area contributed by atoms with E-state index in [0.29, 0.717) is 18.5 Å². The third kappa shape index (κ3) is 3.75. The number of fused-ring (bicyclic) bond motifs is 1. The molecule has 0 aliphatic heterocycles. The quantitative estimate of drug-likeness (QED) is 0.729. The van der Waals surface area contributed by atoms with Gasteiger partial charge in [-0.2, -0.15) is 5.10 Å². The molecule has 0 radical (unpaired) electrons. The van der Waals surface area contributed by atoms with E-state index in [9.17, 15) is 18.7 Å². The van der Waals surface area contributed by atoms with E-state index in [-0.39, 0.29) is 23.1 Å². The van der Waals surface area contributed by atoms with Gasteiger partial charge in [0.25, 0.3) is 0 Å². The van der Waals surface area contributed by atoms with E-state index in [1.54, 1.807) is 13.0 Å². The highest BCUT2D eigenvalue weighted by atomic mass is 19.1. The van der Waals surface area contributed by atoms with Gasteiger partial charge < -0.3 is 9.84 Å². The molecule has 1 aromatic carbocycles. The van der Waals surface area contributed by atoms with E-state index in [4.69, 9.17) is 4.74 Å². The Balaban J connectivity index is 2.15. The van der Waals surface area contributed by atoms with Crippen molar-refractivity contribution in [2.45, 2.75) is 64.6 Å². The monoisotopic (exact) mass is 404 g/mol. The fourth-order valence-corrected chi connectivity index (χ4v) is 4.06. The van der Waals surface area contributed by atoms with E-state index in [0.717, 1.165) is 12.0 Å². The van der Waals surface area contributed by atoms with Crippen LogP contribution in [-0.4, -0.2) is 27.4 Å². The highest BCUT2D eigenvalue weighted by Crippen LogP contribution is 2.48. The van der Waals surface area contributed by atoms with Crippen molar-refractivity contribution in [3.63, 3.8) is 0 Å². The molecule has 5 nitrogen and oxygen atoms in total. The molecule has 0 spiro atoms. The summed E-state index contributed by atoms with van der Waals surface area (Å²) in [5, 5.41) is 18.0. The summed E-state index contributed by atoms with van der Waals surface area (Å²) in [5.74, 6) is -2.41. The van der Waals surface area contributed by atoms with Gasteiger partial charge in [-0.15, -0.1) is 5.10 Å². The highest BCUT2D eigenvalue weighted by molar-refractivity contribution is 5.72. The van der Waals surface area contributed by atoms with Crippen LogP contribution < -0.4 is 0 Å². The maximum Gasteiger partial charge on any atom is 0.332 e. The average Bonchev–Trinajstić information content (AvgIpc) is 2.67. The molecule has 0 unspecified atom stereocenters. The zero-order valence-corrected chi connectivity index (χ0v) is 17.1. The van der Waals surface area contributed by atoms with E-state index < -0.39 is 29.3 Å². The molecule has 0 saturated carbocycles. The fourth-order valence-electron chi connectivity index (χ4n) is 4.06. The lowest BCUT2D eigenvalue weighted by atomic mass is 9.72. The number of rotatable bonds is 6. The van der Waals surface area contributed by atoms with Crippen molar-refractivity contribution in [2.75, 3.05) is 0 Å². The number of benzene rings is 1. The smallest absolute Gasteiger partial charge is 0.332 e. The minimum Gasteiger partial charge on any atom is -0.479 e. The molecular formula is C22H26F2N2O3. The van der Waals surface area contributed by atoms with Crippen molar-refractivity contribution < 1.29 is 23.4 Å². The van der Waals surface area contributed by atoms with Gasteiger partial charge in [0.15, 0.2) is 6.10 Å². The van der Waals surface area contributed by atoms with Crippen molar-refractivity contribution in [2.24, 2.45) is 5.92 Å². The number of hydrogen-bond donors (Lipinski definition) is 1. The SMILES string of the molecule is CC[C@@H](O[C@@]1(C(C)C)CC[C@H](C)c2cc(-c3c(F)cccc3F)nnc21)C(=O)O. The number of halogens is 2. The van der Waals surface area contributed by atoms with Crippen LogP contribution in [0.4, 0.5) is 8.78 Å². The third-order valence-electron chi connectivity index (χ3n) is 5.85. The Labute approximate surface area is 169 Å². The Kier molecular flexibility index (Phi) is 5.98. The van der Waals surface area contributed by atoms with E-state index >= 15 is 0 Å². The van der Waals surface area contributed by atoms with Crippen molar-refractivity contribution in [1.29, 1.82) is 0 Å². The maximum atomic E-state index is 14.3. The first-order chi connectivity index (χ1) is 13.7. The molecule has 2 aromatic rings. The standard InChI is InChI=1S/C22H26F2N2O3/c1-5-18(21(27)28)29-22(12(2)3)10-9-13(4)14-11-17(25-26-20(14)22)19-15(23)7-6-8-16(19)24/h6-8,11-13,18H,5,9-10H2,1-4H3,(H,27,28)/t13-,18+,22+/m0/s1. The van der Waals surface area contributed by atoms with Crippen molar-refractivity contribution in [3.05, 3.63) is 47.2 Å². The lowest BCUT2D eigenvalue weighted by Crippen LogP contribution is -2.45. The van der Waals surface area contributed by atoms with Crippen LogP contribution in [0.5, 0.6) is 0 Å². The molecule has 1 N–H and O–H groups in total. The molecule has 29 heavy (non-hydrogen) atoms. The first kappa shape index (κ1) is 21.3. The number of carboxylic acid groups (broad SMARTS) is 1. The third-order valence-corrected chi connectivity index (χ3v) is 5.85. The zero-order valence-electron chi connectivity index (χ0n) is 17.1. The van der Waals surface area contributed by atoms with Gasteiger partial charge in [-0.1, -0.05) is 33.8 Å². The van der Waals surface area contributed by atoms with Crippen LogP contribution in [0.15, 0.2) is 24.3 Å². The van der Waals surface area contributed by atoms with Gasteiger partial charge in [-0.05, 0) is 54.9 Å². The summed E-state index contributed by atoms with van der Waals surface area (Å²) in [6.45, 7) is 7.69. The van der Waals surface area contributed by atoms with Crippen LogP contribution in [0.1, 0.15) is 64.1 Å². The van der Waals surface area contributed by atoms with E-state index in [1.807, 2.05) is 20.8 Å². The number of carbonyl (C=O) groups is 1. The summed E-state index contributed by atoms with van der Waals surface area (Å²) >= 11 is 0. The molecule has 0 saturated heterocycles.